The summed E-state index contributed by atoms with van der Waals surface area (Å²) in [5, 5.41) is 0. The third kappa shape index (κ3) is 4.54. The Morgan fingerprint density at radius 3 is 2.67 bits per heavy atom. The normalized spacial score (nSPS) is 20.5. The zero-order valence-corrected chi connectivity index (χ0v) is 15.3. The average Bonchev–Trinajstić information content (AvgIpc) is 2.67. The molecule has 0 amide bonds. The van der Waals surface area contributed by atoms with Gasteiger partial charge < -0.3 is 20.4 Å². The zero-order valence-electron chi connectivity index (χ0n) is 14.5. The number of hydrogen-bond acceptors (Lipinski definition) is 5. The highest BCUT2D eigenvalue weighted by Crippen LogP contribution is 2.16. The first-order chi connectivity index (χ1) is 11.8. The minimum absolute atomic E-state index is 0.625. The van der Waals surface area contributed by atoms with Crippen LogP contribution in [0.4, 0.5) is 5.82 Å². The zero-order chi connectivity index (χ0) is 16.8. The lowest BCUT2D eigenvalue weighted by Crippen LogP contribution is -2.46. The standard InChI is InChI=1S/C17H28N6S/c1-2-21-5-7-22(8-6-21)16-13-15(3-4-19-16)14-20-17(18)23-9-11-24-12-10-23/h3-4,13H,2,5-12,14H2,1H3,(H2,18,20). The van der Waals surface area contributed by atoms with Gasteiger partial charge in [-0.25, -0.2) is 9.98 Å². The number of aliphatic imine (C=N–C) groups is 1. The van der Waals surface area contributed by atoms with Crippen molar-refractivity contribution in [2.45, 2.75) is 13.5 Å². The molecule has 0 atom stereocenters. The van der Waals surface area contributed by atoms with Gasteiger partial charge in [-0.3, -0.25) is 0 Å². The van der Waals surface area contributed by atoms with Crippen LogP contribution in [0.25, 0.3) is 0 Å². The molecule has 0 saturated carbocycles. The fraction of sp³-hybridized carbons (Fsp3) is 0.647. The quantitative estimate of drug-likeness (QED) is 0.649. The number of guanidine groups is 1. The summed E-state index contributed by atoms with van der Waals surface area (Å²) < 4.78 is 0. The van der Waals surface area contributed by atoms with Crippen molar-refractivity contribution < 1.29 is 0 Å². The van der Waals surface area contributed by atoms with Crippen LogP contribution in [0.2, 0.25) is 0 Å². The van der Waals surface area contributed by atoms with Crippen molar-refractivity contribution in [1.82, 2.24) is 14.8 Å². The van der Waals surface area contributed by atoms with Crippen LogP contribution in [-0.2, 0) is 6.54 Å². The monoisotopic (exact) mass is 348 g/mol. The first kappa shape index (κ1) is 17.4. The van der Waals surface area contributed by atoms with Crippen LogP contribution in [0, 0.1) is 0 Å². The summed E-state index contributed by atoms with van der Waals surface area (Å²) in [5.41, 5.74) is 7.32. The van der Waals surface area contributed by atoms with Crippen molar-refractivity contribution in [3.05, 3.63) is 23.9 Å². The molecule has 2 fully saturated rings. The molecule has 7 heteroatoms. The Kier molecular flexibility index (Phi) is 6.20. The van der Waals surface area contributed by atoms with Gasteiger partial charge in [0.25, 0.3) is 0 Å². The van der Waals surface area contributed by atoms with Crippen LogP contribution < -0.4 is 10.6 Å². The number of piperazine rings is 1. The van der Waals surface area contributed by atoms with Gasteiger partial charge >= 0.3 is 0 Å². The van der Waals surface area contributed by atoms with E-state index in [0.29, 0.717) is 12.5 Å². The largest absolute Gasteiger partial charge is 0.370 e. The molecule has 6 nitrogen and oxygen atoms in total. The van der Waals surface area contributed by atoms with Crippen molar-refractivity contribution >= 4 is 23.5 Å². The van der Waals surface area contributed by atoms with Gasteiger partial charge in [0, 0.05) is 57.0 Å². The molecule has 1 aromatic rings. The van der Waals surface area contributed by atoms with Crippen molar-refractivity contribution in [1.29, 1.82) is 0 Å². The van der Waals surface area contributed by atoms with Crippen LogP contribution in [0.1, 0.15) is 12.5 Å². The van der Waals surface area contributed by atoms with Gasteiger partial charge in [-0.1, -0.05) is 6.92 Å². The average molecular weight is 349 g/mol. The molecule has 3 rings (SSSR count). The topological polar surface area (TPSA) is 61.0 Å². The molecule has 2 N–H and O–H groups in total. The summed E-state index contributed by atoms with van der Waals surface area (Å²) in [5.74, 6) is 4.01. The number of nitrogens with two attached hydrogens (primary N) is 1. The first-order valence-corrected chi connectivity index (χ1v) is 9.96. The highest BCUT2D eigenvalue weighted by atomic mass is 32.2. The molecule has 2 aliphatic heterocycles. The maximum atomic E-state index is 6.14. The second kappa shape index (κ2) is 8.58. The Morgan fingerprint density at radius 1 is 1.21 bits per heavy atom. The van der Waals surface area contributed by atoms with Crippen LogP contribution in [0.5, 0.6) is 0 Å². The summed E-state index contributed by atoms with van der Waals surface area (Å²) in [4.78, 5) is 16.2. The van der Waals surface area contributed by atoms with E-state index in [2.05, 4.69) is 37.7 Å². The fourth-order valence-electron chi connectivity index (χ4n) is 3.09. The van der Waals surface area contributed by atoms with Gasteiger partial charge in [0.2, 0.25) is 0 Å². The Balaban J connectivity index is 1.59. The van der Waals surface area contributed by atoms with Crippen LogP contribution in [0.15, 0.2) is 23.3 Å². The minimum atomic E-state index is 0.625. The lowest BCUT2D eigenvalue weighted by atomic mass is 10.2. The van der Waals surface area contributed by atoms with E-state index in [9.17, 15) is 0 Å². The number of likely N-dealkylation sites (N-methyl/N-ethyl adjacent to an activating group) is 1. The Hall–Kier alpha value is -1.47. The van der Waals surface area contributed by atoms with E-state index < -0.39 is 0 Å². The Labute approximate surface area is 149 Å². The van der Waals surface area contributed by atoms with Crippen LogP contribution in [-0.4, -0.2) is 78.1 Å². The number of pyridine rings is 1. The third-order valence-corrected chi connectivity index (χ3v) is 5.65. The molecule has 132 valence electrons. The van der Waals surface area contributed by atoms with E-state index in [1.165, 1.54) is 5.56 Å². The SMILES string of the molecule is CCN1CCN(c2cc(CN=C(N)N3CCSCC3)ccn2)CC1. The molecule has 0 aliphatic carbocycles. The van der Waals surface area contributed by atoms with Gasteiger partial charge in [-0.2, -0.15) is 11.8 Å². The smallest absolute Gasteiger partial charge is 0.191 e. The minimum Gasteiger partial charge on any atom is -0.370 e. The number of anilines is 1. The molecule has 0 spiro atoms. The molecular formula is C17H28N6S. The van der Waals surface area contributed by atoms with Crippen LogP contribution in [0.3, 0.4) is 0 Å². The summed E-state index contributed by atoms with van der Waals surface area (Å²) >= 11 is 1.98. The van der Waals surface area contributed by atoms with Gasteiger partial charge in [0.15, 0.2) is 5.96 Å². The third-order valence-electron chi connectivity index (χ3n) is 4.71. The lowest BCUT2D eigenvalue weighted by molar-refractivity contribution is 0.270. The summed E-state index contributed by atoms with van der Waals surface area (Å²) in [7, 11) is 0. The first-order valence-electron chi connectivity index (χ1n) is 8.81. The number of rotatable bonds is 4. The number of hydrogen-bond donors (Lipinski definition) is 1. The highest BCUT2D eigenvalue weighted by molar-refractivity contribution is 7.99. The molecule has 0 unspecified atom stereocenters. The molecule has 2 aliphatic rings. The lowest BCUT2D eigenvalue weighted by Gasteiger charge is -2.34. The number of nitrogens with zero attached hydrogens (tertiary/aromatic N) is 5. The Bertz CT molecular complexity index is 550. The van der Waals surface area contributed by atoms with Crippen molar-refractivity contribution in [2.24, 2.45) is 10.7 Å². The second-order valence-electron chi connectivity index (χ2n) is 6.22. The van der Waals surface area contributed by atoms with E-state index in [1.807, 2.05) is 24.0 Å². The predicted octanol–water partition coefficient (Wildman–Crippen LogP) is 1.09. The van der Waals surface area contributed by atoms with E-state index in [1.54, 1.807) is 0 Å². The molecule has 0 radical (unpaired) electrons. The molecular weight excluding hydrogens is 320 g/mol. The van der Waals surface area contributed by atoms with Crippen LogP contribution >= 0.6 is 11.8 Å². The van der Waals surface area contributed by atoms with E-state index >= 15 is 0 Å². The molecule has 0 bridgehead atoms. The summed E-state index contributed by atoms with van der Waals surface area (Å²) in [6.45, 7) is 10.3. The van der Waals surface area contributed by atoms with Gasteiger partial charge in [0.05, 0.1) is 6.54 Å². The highest BCUT2D eigenvalue weighted by Gasteiger charge is 2.17. The molecule has 3 heterocycles. The van der Waals surface area contributed by atoms with Crippen molar-refractivity contribution in [3.63, 3.8) is 0 Å². The predicted molar refractivity (Wildman–Crippen MR) is 103 cm³/mol. The van der Waals surface area contributed by atoms with Crippen molar-refractivity contribution in [3.8, 4) is 0 Å². The maximum Gasteiger partial charge on any atom is 0.191 e. The number of thioether (sulfide) groups is 1. The van der Waals surface area contributed by atoms with E-state index in [0.717, 1.165) is 63.1 Å². The van der Waals surface area contributed by atoms with E-state index in [4.69, 9.17) is 5.73 Å². The maximum absolute atomic E-state index is 6.14. The van der Waals surface area contributed by atoms with Gasteiger partial charge in [-0.15, -0.1) is 0 Å². The van der Waals surface area contributed by atoms with Gasteiger partial charge in [-0.05, 0) is 24.2 Å². The summed E-state index contributed by atoms with van der Waals surface area (Å²) in [6.07, 6.45) is 1.89. The molecule has 24 heavy (non-hydrogen) atoms. The van der Waals surface area contributed by atoms with E-state index in [-0.39, 0.29) is 0 Å². The fourth-order valence-corrected chi connectivity index (χ4v) is 3.99. The molecule has 2 saturated heterocycles. The summed E-state index contributed by atoms with van der Waals surface area (Å²) in [6, 6.07) is 4.19. The Morgan fingerprint density at radius 2 is 1.96 bits per heavy atom. The number of aromatic nitrogens is 1. The van der Waals surface area contributed by atoms with Gasteiger partial charge in [0.1, 0.15) is 5.82 Å². The van der Waals surface area contributed by atoms with Crippen molar-refractivity contribution in [2.75, 3.05) is 62.2 Å². The molecule has 1 aromatic heterocycles. The second-order valence-corrected chi connectivity index (χ2v) is 7.44. The molecule has 0 aromatic carbocycles.